The van der Waals surface area contributed by atoms with Crippen LogP contribution >= 0.6 is 0 Å². The highest BCUT2D eigenvalue weighted by Crippen LogP contribution is 2.18. The summed E-state index contributed by atoms with van der Waals surface area (Å²) in [7, 11) is 3.57. The molecule has 0 atom stereocenters. The van der Waals surface area contributed by atoms with Crippen molar-refractivity contribution < 1.29 is 9.90 Å². The van der Waals surface area contributed by atoms with Crippen molar-refractivity contribution in [3.8, 4) is 0 Å². The first-order valence-corrected chi connectivity index (χ1v) is 6.64. The molecule has 3 nitrogen and oxygen atoms in total. The molecule has 1 N–H and O–H groups in total. The van der Waals surface area contributed by atoms with E-state index < -0.39 is 5.97 Å². The van der Waals surface area contributed by atoms with Gasteiger partial charge in [0.25, 0.3) is 0 Å². The Morgan fingerprint density at radius 3 is 2.29 bits per heavy atom. The fourth-order valence-corrected chi connectivity index (χ4v) is 1.87. The van der Waals surface area contributed by atoms with Crippen LogP contribution in [0.25, 0.3) is 16.8 Å². The highest BCUT2D eigenvalue weighted by molar-refractivity contribution is 5.90. The van der Waals surface area contributed by atoms with Crippen LogP contribution in [0.4, 0.5) is 0 Å². The van der Waals surface area contributed by atoms with Crippen LogP contribution in [-0.4, -0.2) is 30.1 Å². The lowest BCUT2D eigenvalue weighted by Gasteiger charge is -2.03. The molecule has 0 saturated carbocycles. The molecule has 0 spiro atoms. The largest absolute Gasteiger partial charge is 0.478 e. The zero-order valence-electron chi connectivity index (χ0n) is 12.7. The van der Waals surface area contributed by atoms with Crippen molar-refractivity contribution in [1.29, 1.82) is 0 Å². The van der Waals surface area contributed by atoms with Crippen LogP contribution in [0.1, 0.15) is 12.5 Å². The highest BCUT2D eigenvalue weighted by Gasteiger charge is 1.97. The topological polar surface area (TPSA) is 40.5 Å². The molecule has 3 heteroatoms. The summed E-state index contributed by atoms with van der Waals surface area (Å²) in [5, 5.41) is 10.9. The fraction of sp³-hybridized carbons (Fsp3) is 0.167. The van der Waals surface area contributed by atoms with Gasteiger partial charge in [-0.25, -0.2) is 4.79 Å². The van der Waals surface area contributed by atoms with E-state index in [1.54, 1.807) is 32.1 Å². The van der Waals surface area contributed by atoms with Gasteiger partial charge in [0.05, 0.1) is 0 Å². The van der Waals surface area contributed by atoms with E-state index in [0.717, 1.165) is 0 Å². The van der Waals surface area contributed by atoms with Crippen LogP contribution in [-0.2, 0) is 4.79 Å². The van der Waals surface area contributed by atoms with Crippen molar-refractivity contribution in [2.45, 2.75) is 6.92 Å². The van der Waals surface area contributed by atoms with Crippen molar-refractivity contribution in [1.82, 2.24) is 4.90 Å². The molecule has 110 valence electrons. The number of fused-ring (bicyclic) bond motifs is 1. The molecule has 21 heavy (non-hydrogen) atoms. The molecular formula is C18H21NO2. The molecular weight excluding hydrogens is 262 g/mol. The van der Waals surface area contributed by atoms with E-state index in [4.69, 9.17) is 5.11 Å². The Hall–Kier alpha value is -2.55. The molecule has 0 radical (unpaired) electrons. The van der Waals surface area contributed by atoms with Crippen molar-refractivity contribution in [3.63, 3.8) is 0 Å². The summed E-state index contributed by atoms with van der Waals surface area (Å²) in [6.07, 6.45) is 3.45. The number of carboxylic acids is 1. The minimum atomic E-state index is -0.872. The van der Waals surface area contributed by atoms with E-state index in [1.165, 1.54) is 16.3 Å². The van der Waals surface area contributed by atoms with Gasteiger partial charge in [-0.05, 0) is 23.3 Å². The average Bonchev–Trinajstić information content (AvgIpc) is 2.46. The third-order valence-corrected chi connectivity index (χ3v) is 2.83. The molecule has 2 rings (SSSR count). The van der Waals surface area contributed by atoms with E-state index in [-0.39, 0.29) is 0 Å². The Balaban J connectivity index is 0.000000222. The number of benzene rings is 2. The third-order valence-electron chi connectivity index (χ3n) is 2.83. The van der Waals surface area contributed by atoms with Gasteiger partial charge in [0.15, 0.2) is 0 Å². The molecule has 0 saturated heterocycles. The Bertz CT molecular complexity index is 652. The maximum atomic E-state index is 10.1. The number of carbonyl (C=O) groups is 1. The Morgan fingerprint density at radius 2 is 1.76 bits per heavy atom. The Morgan fingerprint density at radius 1 is 1.14 bits per heavy atom. The molecule has 0 unspecified atom stereocenters. The molecule has 0 heterocycles. The molecule has 0 fully saturated rings. The molecule has 0 aliphatic rings. The maximum Gasteiger partial charge on any atom is 0.332 e. The van der Waals surface area contributed by atoms with Crippen LogP contribution in [0.5, 0.6) is 0 Å². The number of rotatable bonds is 3. The summed E-state index contributed by atoms with van der Waals surface area (Å²) in [4.78, 5) is 11.8. The second-order valence-electron chi connectivity index (χ2n) is 4.85. The number of carboxylic acid groups (broad SMARTS) is 1. The molecule has 2 aromatic rings. The minimum Gasteiger partial charge on any atom is -0.478 e. The maximum absolute atomic E-state index is 10.1. The number of hydrogen-bond acceptors (Lipinski definition) is 2. The van der Waals surface area contributed by atoms with Crippen LogP contribution in [0.2, 0.25) is 0 Å². The highest BCUT2D eigenvalue weighted by atomic mass is 16.4. The van der Waals surface area contributed by atoms with E-state index in [1.807, 2.05) is 6.08 Å². The van der Waals surface area contributed by atoms with E-state index in [0.29, 0.717) is 5.57 Å². The van der Waals surface area contributed by atoms with Gasteiger partial charge in [0.2, 0.25) is 0 Å². The average molecular weight is 283 g/mol. The summed E-state index contributed by atoms with van der Waals surface area (Å²) in [6.45, 7) is 5.34. The first-order valence-electron chi connectivity index (χ1n) is 6.64. The molecule has 0 aliphatic carbocycles. The van der Waals surface area contributed by atoms with Crippen LogP contribution in [0, 0.1) is 0 Å². The van der Waals surface area contributed by atoms with Crippen molar-refractivity contribution in [2.24, 2.45) is 0 Å². The zero-order valence-corrected chi connectivity index (χ0v) is 12.7. The smallest absolute Gasteiger partial charge is 0.332 e. The summed E-state index contributed by atoms with van der Waals surface area (Å²) < 4.78 is 0. The van der Waals surface area contributed by atoms with Gasteiger partial charge in [-0.1, -0.05) is 55.1 Å². The van der Waals surface area contributed by atoms with Gasteiger partial charge in [-0.15, -0.1) is 0 Å². The van der Waals surface area contributed by atoms with Gasteiger partial charge in [-0.2, -0.15) is 0 Å². The number of nitrogens with zero attached hydrogens (tertiary/aromatic N) is 1. The van der Waals surface area contributed by atoms with E-state index in [2.05, 4.69) is 49.0 Å². The minimum absolute atomic E-state index is 0.347. The molecule has 0 aliphatic heterocycles. The van der Waals surface area contributed by atoms with Gasteiger partial charge >= 0.3 is 5.97 Å². The zero-order chi connectivity index (χ0) is 15.8. The second kappa shape index (κ2) is 7.90. The SMILES string of the molecule is C=Cc1cccc2ccccc12.CC(=CN(C)C)C(=O)O. The van der Waals surface area contributed by atoms with E-state index in [9.17, 15) is 4.79 Å². The number of aliphatic carboxylic acids is 1. The van der Waals surface area contributed by atoms with Gasteiger partial charge in [0.1, 0.15) is 0 Å². The summed E-state index contributed by atoms with van der Waals surface area (Å²) in [6, 6.07) is 14.6. The molecule has 0 aromatic heterocycles. The molecule has 0 amide bonds. The predicted molar refractivity (Wildman–Crippen MR) is 89.1 cm³/mol. The molecule has 0 bridgehead atoms. The monoisotopic (exact) mass is 283 g/mol. The lowest BCUT2D eigenvalue weighted by Crippen LogP contribution is -2.06. The predicted octanol–water partition coefficient (Wildman–Crippen LogP) is 4.02. The second-order valence-corrected chi connectivity index (χ2v) is 4.85. The summed E-state index contributed by atoms with van der Waals surface area (Å²) in [5.41, 5.74) is 1.55. The lowest BCUT2D eigenvalue weighted by atomic mass is 10.1. The van der Waals surface area contributed by atoms with E-state index >= 15 is 0 Å². The lowest BCUT2D eigenvalue weighted by molar-refractivity contribution is -0.132. The summed E-state index contributed by atoms with van der Waals surface area (Å²) >= 11 is 0. The fourth-order valence-electron chi connectivity index (χ4n) is 1.87. The van der Waals surface area contributed by atoms with Crippen molar-refractivity contribution in [3.05, 3.63) is 66.4 Å². The van der Waals surface area contributed by atoms with Crippen LogP contribution in [0.3, 0.4) is 0 Å². The Kier molecular flexibility index (Phi) is 6.21. The van der Waals surface area contributed by atoms with Gasteiger partial charge in [0, 0.05) is 25.9 Å². The third kappa shape index (κ3) is 5.15. The number of hydrogen-bond donors (Lipinski definition) is 1. The van der Waals surface area contributed by atoms with Gasteiger partial charge in [-0.3, -0.25) is 0 Å². The normalized spacial score (nSPS) is 10.5. The first-order chi connectivity index (χ1) is 9.95. The first kappa shape index (κ1) is 16.5. The molecule has 2 aromatic carbocycles. The van der Waals surface area contributed by atoms with Gasteiger partial charge < -0.3 is 10.0 Å². The van der Waals surface area contributed by atoms with Crippen molar-refractivity contribution >= 4 is 22.8 Å². The Labute approximate surface area is 125 Å². The summed E-state index contributed by atoms with van der Waals surface area (Å²) in [5.74, 6) is -0.872. The van der Waals surface area contributed by atoms with Crippen LogP contribution < -0.4 is 0 Å². The van der Waals surface area contributed by atoms with Crippen molar-refractivity contribution in [2.75, 3.05) is 14.1 Å². The quantitative estimate of drug-likeness (QED) is 0.865. The van der Waals surface area contributed by atoms with Crippen LogP contribution in [0.15, 0.2) is 60.8 Å². The standard InChI is InChI=1S/C12H10.C6H11NO2/c1-2-10-7-5-8-11-6-3-4-9-12(10)11;1-5(6(8)9)4-7(2)3/h2-9H,1H2;4H,1-3H3,(H,8,9).